The van der Waals surface area contributed by atoms with E-state index >= 15 is 0 Å². The lowest BCUT2D eigenvalue weighted by molar-refractivity contribution is 0.132. The molecule has 0 bridgehead atoms. The van der Waals surface area contributed by atoms with Gasteiger partial charge in [0.1, 0.15) is 5.82 Å². The number of nitrogen functional groups attached to an aromatic ring is 1. The average molecular weight is 237 g/mol. The van der Waals surface area contributed by atoms with Crippen LogP contribution in [0.25, 0.3) is 0 Å². The first-order valence-electron chi connectivity index (χ1n) is 5.92. The SMILES string of the molecule is Cc1cc(NCC(O)CC(C)(C)C)ncc1N. The highest BCUT2D eigenvalue weighted by atomic mass is 16.3. The molecular weight excluding hydrogens is 214 g/mol. The first-order chi connectivity index (χ1) is 7.78. The lowest BCUT2D eigenvalue weighted by atomic mass is 9.89. The summed E-state index contributed by atoms with van der Waals surface area (Å²) in [6.07, 6.45) is 2.02. The van der Waals surface area contributed by atoms with Crippen molar-refractivity contribution in [2.24, 2.45) is 5.41 Å². The van der Waals surface area contributed by atoms with E-state index in [1.807, 2.05) is 13.0 Å². The summed E-state index contributed by atoms with van der Waals surface area (Å²) in [5.74, 6) is 0.754. The van der Waals surface area contributed by atoms with Gasteiger partial charge >= 0.3 is 0 Å². The number of aryl methyl sites for hydroxylation is 1. The molecule has 0 aliphatic carbocycles. The summed E-state index contributed by atoms with van der Waals surface area (Å²) < 4.78 is 0. The summed E-state index contributed by atoms with van der Waals surface area (Å²) in [5.41, 5.74) is 7.50. The quantitative estimate of drug-likeness (QED) is 0.750. The largest absolute Gasteiger partial charge is 0.397 e. The highest BCUT2D eigenvalue weighted by Crippen LogP contribution is 2.21. The Labute approximate surface area is 103 Å². The first kappa shape index (κ1) is 13.8. The van der Waals surface area contributed by atoms with Gasteiger partial charge in [-0.25, -0.2) is 4.98 Å². The maximum Gasteiger partial charge on any atom is 0.126 e. The molecule has 17 heavy (non-hydrogen) atoms. The topological polar surface area (TPSA) is 71.2 Å². The monoisotopic (exact) mass is 237 g/mol. The molecule has 4 nitrogen and oxygen atoms in total. The molecule has 1 unspecified atom stereocenters. The zero-order chi connectivity index (χ0) is 13.1. The number of nitrogens with zero attached hydrogens (tertiary/aromatic N) is 1. The van der Waals surface area contributed by atoms with Gasteiger partial charge < -0.3 is 16.2 Å². The van der Waals surface area contributed by atoms with Crippen LogP contribution in [0, 0.1) is 12.3 Å². The molecule has 0 aliphatic heterocycles. The molecule has 0 amide bonds. The normalized spacial score (nSPS) is 13.5. The summed E-state index contributed by atoms with van der Waals surface area (Å²) in [6, 6.07) is 1.89. The summed E-state index contributed by atoms with van der Waals surface area (Å²) in [4.78, 5) is 4.16. The van der Waals surface area contributed by atoms with E-state index in [9.17, 15) is 5.11 Å². The maximum absolute atomic E-state index is 9.86. The molecule has 0 radical (unpaired) electrons. The lowest BCUT2D eigenvalue weighted by Crippen LogP contribution is -2.25. The van der Waals surface area contributed by atoms with Crippen LogP contribution < -0.4 is 11.1 Å². The van der Waals surface area contributed by atoms with Gasteiger partial charge in [-0.05, 0) is 30.4 Å². The zero-order valence-corrected chi connectivity index (χ0v) is 11.1. The Balaban J connectivity index is 2.47. The maximum atomic E-state index is 9.86. The summed E-state index contributed by atoms with van der Waals surface area (Å²) in [5, 5.41) is 13.0. The van der Waals surface area contributed by atoms with Crippen LogP contribution in [0.1, 0.15) is 32.8 Å². The second-order valence-electron chi connectivity index (χ2n) is 5.73. The van der Waals surface area contributed by atoms with Gasteiger partial charge in [-0.2, -0.15) is 0 Å². The van der Waals surface area contributed by atoms with Gasteiger partial charge in [-0.1, -0.05) is 20.8 Å². The number of aliphatic hydroxyl groups excluding tert-OH is 1. The van der Waals surface area contributed by atoms with E-state index in [-0.39, 0.29) is 11.5 Å². The van der Waals surface area contributed by atoms with E-state index < -0.39 is 0 Å². The van der Waals surface area contributed by atoms with Crippen molar-refractivity contribution in [2.45, 2.75) is 40.2 Å². The lowest BCUT2D eigenvalue weighted by Gasteiger charge is -2.22. The average Bonchev–Trinajstić information content (AvgIpc) is 2.17. The van der Waals surface area contributed by atoms with E-state index in [2.05, 4.69) is 31.1 Å². The Kier molecular flexibility index (Phi) is 4.34. The van der Waals surface area contributed by atoms with E-state index in [0.29, 0.717) is 12.2 Å². The summed E-state index contributed by atoms with van der Waals surface area (Å²) >= 11 is 0. The third kappa shape index (κ3) is 5.04. The number of anilines is 2. The Morgan fingerprint density at radius 1 is 1.47 bits per heavy atom. The third-order valence-electron chi connectivity index (χ3n) is 2.52. The molecular formula is C13H23N3O. The number of nitrogens with one attached hydrogen (secondary N) is 1. The van der Waals surface area contributed by atoms with Crippen LogP contribution in [-0.4, -0.2) is 22.7 Å². The van der Waals surface area contributed by atoms with Crippen LogP contribution in [-0.2, 0) is 0 Å². The minimum absolute atomic E-state index is 0.131. The van der Waals surface area contributed by atoms with Gasteiger partial charge in [0, 0.05) is 6.54 Å². The number of hydrogen-bond donors (Lipinski definition) is 3. The van der Waals surface area contributed by atoms with Gasteiger partial charge in [0.2, 0.25) is 0 Å². The molecule has 0 saturated heterocycles. The number of aromatic nitrogens is 1. The van der Waals surface area contributed by atoms with Crippen molar-refractivity contribution in [3.63, 3.8) is 0 Å². The van der Waals surface area contributed by atoms with Crippen molar-refractivity contribution >= 4 is 11.5 Å². The summed E-state index contributed by atoms with van der Waals surface area (Å²) in [6.45, 7) is 8.78. The molecule has 4 N–H and O–H groups in total. The Morgan fingerprint density at radius 3 is 2.65 bits per heavy atom. The standard InChI is InChI=1S/C13H23N3O/c1-9-5-12(16-8-11(9)14)15-7-10(17)6-13(2,3)4/h5,8,10,17H,6-7,14H2,1-4H3,(H,15,16). The first-order valence-corrected chi connectivity index (χ1v) is 5.92. The number of nitrogens with two attached hydrogens (primary N) is 1. The van der Waals surface area contributed by atoms with Gasteiger partial charge in [-0.15, -0.1) is 0 Å². The van der Waals surface area contributed by atoms with Crippen molar-refractivity contribution in [3.05, 3.63) is 17.8 Å². The van der Waals surface area contributed by atoms with Gasteiger partial charge in [0.25, 0.3) is 0 Å². The number of rotatable bonds is 4. The smallest absolute Gasteiger partial charge is 0.126 e. The second kappa shape index (κ2) is 5.36. The fourth-order valence-electron chi connectivity index (χ4n) is 1.66. The predicted octanol–water partition coefficient (Wildman–Crippen LogP) is 2.18. The van der Waals surface area contributed by atoms with E-state index in [1.165, 1.54) is 0 Å². The van der Waals surface area contributed by atoms with Crippen LogP contribution in [0.2, 0.25) is 0 Å². The van der Waals surface area contributed by atoms with E-state index in [1.54, 1.807) is 6.20 Å². The van der Waals surface area contributed by atoms with Gasteiger partial charge in [-0.3, -0.25) is 0 Å². The molecule has 0 aromatic carbocycles. The van der Waals surface area contributed by atoms with Crippen molar-refractivity contribution in [1.29, 1.82) is 0 Å². The number of hydrogen-bond acceptors (Lipinski definition) is 4. The summed E-state index contributed by atoms with van der Waals surface area (Å²) in [7, 11) is 0. The molecule has 0 fully saturated rings. The predicted molar refractivity (Wildman–Crippen MR) is 72.0 cm³/mol. The highest BCUT2D eigenvalue weighted by molar-refractivity contribution is 5.50. The number of pyridine rings is 1. The van der Waals surface area contributed by atoms with Crippen molar-refractivity contribution in [2.75, 3.05) is 17.6 Å². The molecule has 0 spiro atoms. The van der Waals surface area contributed by atoms with Crippen LogP contribution in [0.3, 0.4) is 0 Å². The number of aliphatic hydroxyl groups is 1. The fourth-order valence-corrected chi connectivity index (χ4v) is 1.66. The molecule has 96 valence electrons. The van der Waals surface area contributed by atoms with E-state index in [4.69, 9.17) is 5.73 Å². The molecule has 1 aromatic rings. The van der Waals surface area contributed by atoms with Crippen molar-refractivity contribution in [1.82, 2.24) is 4.98 Å². The Morgan fingerprint density at radius 2 is 2.12 bits per heavy atom. The molecule has 1 atom stereocenters. The third-order valence-corrected chi connectivity index (χ3v) is 2.52. The molecule has 0 aliphatic rings. The van der Waals surface area contributed by atoms with Crippen LogP contribution in [0.5, 0.6) is 0 Å². The fraction of sp³-hybridized carbons (Fsp3) is 0.615. The van der Waals surface area contributed by atoms with Crippen LogP contribution in [0.4, 0.5) is 11.5 Å². The Hall–Kier alpha value is -1.29. The minimum Gasteiger partial charge on any atom is -0.397 e. The molecule has 1 rings (SSSR count). The molecule has 1 aromatic heterocycles. The second-order valence-corrected chi connectivity index (χ2v) is 5.73. The van der Waals surface area contributed by atoms with Crippen LogP contribution >= 0.6 is 0 Å². The zero-order valence-electron chi connectivity index (χ0n) is 11.1. The van der Waals surface area contributed by atoms with Crippen molar-refractivity contribution in [3.8, 4) is 0 Å². The van der Waals surface area contributed by atoms with E-state index in [0.717, 1.165) is 17.8 Å². The molecule has 4 heteroatoms. The van der Waals surface area contributed by atoms with Crippen molar-refractivity contribution < 1.29 is 5.11 Å². The molecule has 0 saturated carbocycles. The highest BCUT2D eigenvalue weighted by Gasteiger charge is 2.16. The van der Waals surface area contributed by atoms with Crippen LogP contribution in [0.15, 0.2) is 12.3 Å². The molecule has 1 heterocycles. The van der Waals surface area contributed by atoms with Gasteiger partial charge in [0.15, 0.2) is 0 Å². The Bertz CT molecular complexity index is 371. The minimum atomic E-state index is -0.366. The van der Waals surface area contributed by atoms with Gasteiger partial charge in [0.05, 0.1) is 18.0 Å².